The van der Waals surface area contributed by atoms with Crippen molar-refractivity contribution in [2.75, 3.05) is 20.2 Å². The Hall–Kier alpha value is -1.85. The monoisotopic (exact) mass is 344 g/mol. The maximum atomic E-state index is 13.1. The van der Waals surface area contributed by atoms with Gasteiger partial charge in [-0.05, 0) is 36.9 Å². The van der Waals surface area contributed by atoms with Gasteiger partial charge in [-0.3, -0.25) is 4.79 Å². The Kier molecular flexibility index (Phi) is 5.88. The van der Waals surface area contributed by atoms with E-state index in [1.165, 1.54) is 4.88 Å². The summed E-state index contributed by atoms with van der Waals surface area (Å²) in [4.78, 5) is 16.3. The minimum absolute atomic E-state index is 0.0772. The van der Waals surface area contributed by atoms with Gasteiger partial charge in [0.25, 0.3) is 0 Å². The van der Waals surface area contributed by atoms with Crippen molar-refractivity contribution in [2.24, 2.45) is 5.92 Å². The Bertz CT molecular complexity index is 651. The number of piperidine rings is 1. The van der Waals surface area contributed by atoms with Crippen molar-refractivity contribution in [1.82, 2.24) is 10.2 Å². The molecule has 2 heterocycles. The van der Waals surface area contributed by atoms with Gasteiger partial charge < -0.3 is 15.0 Å². The molecule has 0 bridgehead atoms. The number of thiophene rings is 1. The molecule has 1 unspecified atom stereocenters. The maximum Gasteiger partial charge on any atom is 0.227 e. The zero-order valence-electron chi connectivity index (χ0n) is 14.0. The van der Waals surface area contributed by atoms with Gasteiger partial charge in [0.2, 0.25) is 5.91 Å². The lowest BCUT2D eigenvalue weighted by atomic mass is 9.97. The van der Waals surface area contributed by atoms with E-state index >= 15 is 0 Å². The van der Waals surface area contributed by atoms with Crippen LogP contribution < -0.4 is 10.1 Å². The molecule has 0 radical (unpaired) electrons. The fourth-order valence-electron chi connectivity index (χ4n) is 3.16. The van der Waals surface area contributed by atoms with E-state index in [0.717, 1.165) is 37.2 Å². The summed E-state index contributed by atoms with van der Waals surface area (Å²) in [5.41, 5.74) is 1.05. The normalized spacial score (nSPS) is 17.5. The highest BCUT2D eigenvalue weighted by Crippen LogP contribution is 2.24. The lowest BCUT2D eigenvalue weighted by molar-refractivity contribution is -0.137. The fourth-order valence-corrected chi connectivity index (χ4v) is 3.88. The molecule has 1 N–H and O–H groups in total. The van der Waals surface area contributed by atoms with E-state index in [-0.39, 0.29) is 11.8 Å². The molecule has 4 nitrogen and oxygen atoms in total. The number of methoxy groups -OCH3 is 1. The van der Waals surface area contributed by atoms with Gasteiger partial charge in [0, 0.05) is 23.5 Å². The summed E-state index contributed by atoms with van der Waals surface area (Å²) in [5.74, 6) is 1.15. The fraction of sp³-hybridized carbons (Fsp3) is 0.421. The van der Waals surface area contributed by atoms with Crippen LogP contribution in [0.15, 0.2) is 41.8 Å². The number of nitrogens with zero attached hydrogens (tertiary/aromatic N) is 1. The summed E-state index contributed by atoms with van der Waals surface area (Å²) in [5, 5.41) is 5.41. The lowest BCUT2D eigenvalue weighted by Gasteiger charge is -2.30. The molecule has 1 fully saturated rings. The number of benzene rings is 1. The standard InChI is InChI=1S/C19H24N2O2S/c1-23-18-9-3-2-6-16(18)13-21(14-17-8-5-11-24-17)19(22)15-7-4-10-20-12-15/h2-3,5-6,8-9,11,15,20H,4,7,10,12-14H2,1H3. The van der Waals surface area contributed by atoms with Crippen LogP contribution in [0.5, 0.6) is 5.75 Å². The SMILES string of the molecule is COc1ccccc1CN(Cc1cccs1)C(=O)C1CCCNC1. The highest BCUT2D eigenvalue weighted by atomic mass is 32.1. The van der Waals surface area contributed by atoms with Gasteiger partial charge in [0.05, 0.1) is 19.6 Å². The van der Waals surface area contributed by atoms with Gasteiger partial charge in [-0.1, -0.05) is 24.3 Å². The van der Waals surface area contributed by atoms with Gasteiger partial charge >= 0.3 is 0 Å². The Morgan fingerprint density at radius 3 is 2.88 bits per heavy atom. The number of hydrogen-bond donors (Lipinski definition) is 1. The second-order valence-corrected chi connectivity index (χ2v) is 7.16. The highest BCUT2D eigenvalue weighted by Gasteiger charge is 2.26. The molecule has 3 rings (SSSR count). The van der Waals surface area contributed by atoms with Crippen LogP contribution in [0.2, 0.25) is 0 Å². The molecule has 1 aliphatic rings. The molecule has 1 aromatic heterocycles. The number of ether oxygens (including phenoxy) is 1. The van der Waals surface area contributed by atoms with Crippen LogP contribution in [0.4, 0.5) is 0 Å². The van der Waals surface area contributed by atoms with E-state index < -0.39 is 0 Å². The summed E-state index contributed by atoms with van der Waals surface area (Å²) in [6.07, 6.45) is 2.04. The Balaban J connectivity index is 1.79. The summed E-state index contributed by atoms with van der Waals surface area (Å²) in [7, 11) is 1.68. The predicted molar refractivity (Wildman–Crippen MR) is 97.2 cm³/mol. The lowest BCUT2D eigenvalue weighted by Crippen LogP contribution is -2.42. The van der Waals surface area contributed by atoms with Crippen molar-refractivity contribution in [2.45, 2.75) is 25.9 Å². The van der Waals surface area contributed by atoms with Gasteiger partial charge in [0.1, 0.15) is 5.75 Å². The van der Waals surface area contributed by atoms with Crippen LogP contribution in [0.1, 0.15) is 23.3 Å². The van der Waals surface area contributed by atoms with Crippen LogP contribution in [0.25, 0.3) is 0 Å². The zero-order chi connectivity index (χ0) is 16.8. The summed E-state index contributed by atoms with van der Waals surface area (Å²) < 4.78 is 5.46. The first-order valence-corrected chi connectivity index (χ1v) is 9.29. The van der Waals surface area contributed by atoms with Crippen molar-refractivity contribution in [1.29, 1.82) is 0 Å². The Morgan fingerprint density at radius 2 is 2.17 bits per heavy atom. The Morgan fingerprint density at radius 1 is 1.29 bits per heavy atom. The molecule has 0 spiro atoms. The molecule has 2 aromatic rings. The molecule has 0 aliphatic carbocycles. The topological polar surface area (TPSA) is 41.6 Å². The van der Waals surface area contributed by atoms with Gasteiger partial charge in [0.15, 0.2) is 0 Å². The number of nitrogens with one attached hydrogen (secondary N) is 1. The third kappa shape index (κ3) is 4.16. The summed E-state index contributed by atoms with van der Waals surface area (Å²) in [6, 6.07) is 12.1. The van der Waals surface area contributed by atoms with E-state index in [0.29, 0.717) is 13.1 Å². The molecular formula is C19H24N2O2S. The third-order valence-corrected chi connectivity index (χ3v) is 5.30. The van der Waals surface area contributed by atoms with Crippen LogP contribution in [-0.2, 0) is 17.9 Å². The van der Waals surface area contributed by atoms with Crippen LogP contribution in [0, 0.1) is 5.92 Å². The average Bonchev–Trinajstić information content (AvgIpc) is 3.15. The number of amides is 1. The van der Waals surface area contributed by atoms with Gasteiger partial charge in [-0.15, -0.1) is 11.3 Å². The second-order valence-electron chi connectivity index (χ2n) is 6.13. The number of para-hydroxylation sites is 1. The van der Waals surface area contributed by atoms with Gasteiger partial charge in [-0.2, -0.15) is 0 Å². The smallest absolute Gasteiger partial charge is 0.227 e. The molecule has 1 atom stereocenters. The largest absolute Gasteiger partial charge is 0.496 e. The van der Waals surface area contributed by atoms with Crippen molar-refractivity contribution >= 4 is 17.2 Å². The highest BCUT2D eigenvalue weighted by molar-refractivity contribution is 7.09. The van der Waals surface area contributed by atoms with Crippen LogP contribution in [-0.4, -0.2) is 31.0 Å². The van der Waals surface area contributed by atoms with Crippen molar-refractivity contribution in [3.63, 3.8) is 0 Å². The molecule has 128 valence electrons. The average molecular weight is 344 g/mol. The van der Waals surface area contributed by atoms with Crippen molar-refractivity contribution < 1.29 is 9.53 Å². The predicted octanol–water partition coefficient (Wildman–Crippen LogP) is 3.29. The van der Waals surface area contributed by atoms with Gasteiger partial charge in [-0.25, -0.2) is 0 Å². The first-order valence-electron chi connectivity index (χ1n) is 8.41. The molecule has 1 amide bonds. The van der Waals surface area contributed by atoms with Crippen LogP contribution >= 0.6 is 11.3 Å². The number of carbonyl (C=O) groups excluding carboxylic acids is 1. The zero-order valence-corrected chi connectivity index (χ0v) is 14.8. The first-order chi connectivity index (χ1) is 11.8. The molecule has 1 aromatic carbocycles. The summed E-state index contributed by atoms with van der Waals surface area (Å²) in [6.45, 7) is 3.04. The van der Waals surface area contributed by atoms with E-state index in [1.54, 1.807) is 18.4 Å². The van der Waals surface area contributed by atoms with E-state index in [9.17, 15) is 4.79 Å². The molecule has 5 heteroatoms. The van der Waals surface area contributed by atoms with Crippen molar-refractivity contribution in [3.05, 3.63) is 52.2 Å². The quantitative estimate of drug-likeness (QED) is 0.874. The maximum absolute atomic E-state index is 13.1. The third-order valence-electron chi connectivity index (χ3n) is 4.44. The van der Waals surface area contributed by atoms with E-state index in [4.69, 9.17) is 4.74 Å². The minimum atomic E-state index is 0.0772. The molecule has 24 heavy (non-hydrogen) atoms. The van der Waals surface area contributed by atoms with Crippen molar-refractivity contribution in [3.8, 4) is 5.75 Å². The molecule has 1 aliphatic heterocycles. The second kappa shape index (κ2) is 8.31. The van der Waals surface area contributed by atoms with E-state index in [2.05, 4.69) is 16.8 Å². The molecule has 1 saturated heterocycles. The molecular weight excluding hydrogens is 320 g/mol. The number of rotatable bonds is 6. The number of carbonyl (C=O) groups is 1. The first kappa shape index (κ1) is 17.0. The molecule has 0 saturated carbocycles. The van der Waals surface area contributed by atoms with E-state index in [1.807, 2.05) is 35.2 Å². The Labute approximate surface area is 147 Å². The number of hydrogen-bond acceptors (Lipinski definition) is 4. The summed E-state index contributed by atoms with van der Waals surface area (Å²) >= 11 is 1.70. The minimum Gasteiger partial charge on any atom is -0.496 e. The van der Waals surface area contributed by atoms with Crippen LogP contribution in [0.3, 0.4) is 0 Å².